The quantitative estimate of drug-likeness (QED) is 0.162. The molecule has 58 heavy (non-hydrogen) atoms. The average Bonchev–Trinajstić information content (AvgIpc) is 3.83. The Hall–Kier alpha value is -3.90. The van der Waals surface area contributed by atoms with Crippen molar-refractivity contribution in [2.75, 3.05) is 56.1 Å². The van der Waals surface area contributed by atoms with Gasteiger partial charge in [0.15, 0.2) is 17.0 Å². The number of hydrogen-bond donors (Lipinski definition) is 3. The first-order valence-electron chi connectivity index (χ1n) is 21.3. The monoisotopic (exact) mass is 826 g/mol. The summed E-state index contributed by atoms with van der Waals surface area (Å²) in [5.74, 6) is 1.25. The third-order valence-electron chi connectivity index (χ3n) is 10.7. The van der Waals surface area contributed by atoms with Crippen molar-refractivity contribution < 1.29 is 23.8 Å². The van der Waals surface area contributed by atoms with Gasteiger partial charge in [0.25, 0.3) is 0 Å². The van der Waals surface area contributed by atoms with Crippen LogP contribution >= 0.6 is 12.6 Å². The molecule has 1 saturated carbocycles. The first-order valence-corrected chi connectivity index (χ1v) is 21.8. The first-order chi connectivity index (χ1) is 27.6. The molecule has 3 atom stereocenters. The lowest BCUT2D eigenvalue weighted by atomic mass is 9.94. The zero-order valence-electron chi connectivity index (χ0n) is 35.7. The second-order valence-electron chi connectivity index (χ2n) is 17.9. The van der Waals surface area contributed by atoms with Gasteiger partial charge in [0.05, 0.1) is 25.6 Å². The molecule has 3 unspecified atom stereocenters. The van der Waals surface area contributed by atoms with Crippen LogP contribution in [0.1, 0.15) is 118 Å². The molecule has 0 radical (unpaired) electrons. The molecule has 6 rings (SSSR count). The van der Waals surface area contributed by atoms with Crippen molar-refractivity contribution in [3.8, 4) is 0 Å². The van der Waals surface area contributed by atoms with Crippen molar-refractivity contribution in [2.45, 2.75) is 154 Å². The second kappa shape index (κ2) is 19.4. The maximum absolute atomic E-state index is 13.5. The van der Waals surface area contributed by atoms with Crippen LogP contribution in [0.5, 0.6) is 0 Å². The number of imidazole rings is 1. The molecule has 0 spiro atoms. The van der Waals surface area contributed by atoms with Crippen molar-refractivity contribution in [3.63, 3.8) is 0 Å². The van der Waals surface area contributed by atoms with Gasteiger partial charge in [0.1, 0.15) is 23.1 Å². The highest BCUT2D eigenvalue weighted by Crippen LogP contribution is 2.30. The molecule has 3 aromatic rings. The van der Waals surface area contributed by atoms with Crippen molar-refractivity contribution >= 4 is 47.7 Å². The van der Waals surface area contributed by atoms with Crippen molar-refractivity contribution in [3.05, 3.63) is 18.2 Å². The van der Waals surface area contributed by atoms with Crippen molar-refractivity contribution in [1.82, 2.24) is 49.6 Å². The van der Waals surface area contributed by atoms with E-state index in [0.717, 1.165) is 70.2 Å². The van der Waals surface area contributed by atoms with Gasteiger partial charge in [-0.1, -0.05) is 31.4 Å². The number of anilines is 2. The van der Waals surface area contributed by atoms with Crippen LogP contribution in [0.3, 0.4) is 0 Å². The van der Waals surface area contributed by atoms with E-state index in [1.165, 1.54) is 6.42 Å². The summed E-state index contributed by atoms with van der Waals surface area (Å²) < 4.78 is 21.5. The van der Waals surface area contributed by atoms with Crippen LogP contribution < -0.4 is 15.5 Å². The van der Waals surface area contributed by atoms with Gasteiger partial charge in [-0.3, -0.25) is 9.25 Å². The number of nitrogens with zero attached hydrogens (tertiary/aromatic N) is 10. The van der Waals surface area contributed by atoms with Crippen LogP contribution in [0.2, 0.25) is 0 Å². The van der Waals surface area contributed by atoms with Gasteiger partial charge in [-0.15, -0.1) is 5.10 Å². The lowest BCUT2D eigenvalue weighted by molar-refractivity contribution is -0.0298. The molecule has 3 aromatic heterocycles. The van der Waals surface area contributed by atoms with E-state index in [9.17, 15) is 9.59 Å². The summed E-state index contributed by atoms with van der Waals surface area (Å²) in [7, 11) is 0. The maximum Gasteiger partial charge on any atom is 0.410 e. The number of fused-ring (bicyclic) bond motifs is 1. The van der Waals surface area contributed by atoms with Gasteiger partial charge in [-0.2, -0.15) is 22.6 Å². The summed E-state index contributed by atoms with van der Waals surface area (Å²) in [6, 6.07) is 0.345. The van der Waals surface area contributed by atoms with Crippen LogP contribution in [0.4, 0.5) is 21.4 Å². The normalized spacial score (nSPS) is 20.2. The molecule has 0 aromatic carbocycles. The van der Waals surface area contributed by atoms with Crippen LogP contribution in [-0.4, -0.2) is 131 Å². The average molecular weight is 827 g/mol. The zero-order chi connectivity index (χ0) is 41.5. The fraction of sp³-hybridized carbons (Fsp3) is 0.775. The Morgan fingerprint density at radius 3 is 2.45 bits per heavy atom. The number of amides is 2. The molecule has 2 amide bonds. The molecular formula is C40H66N12O5S. The molecular weight excluding hydrogens is 761 g/mol. The highest BCUT2D eigenvalue weighted by molar-refractivity contribution is 7.81. The summed E-state index contributed by atoms with van der Waals surface area (Å²) in [5.41, 5.74) is 0.859. The van der Waals surface area contributed by atoms with Gasteiger partial charge < -0.3 is 39.5 Å². The number of hydrogen-bond acceptors (Lipinski definition) is 14. The van der Waals surface area contributed by atoms with E-state index in [4.69, 9.17) is 41.8 Å². The van der Waals surface area contributed by atoms with Crippen LogP contribution in [0, 0.1) is 0 Å². The number of carbonyl (C=O) groups excluding carboxylic acids is 2. The van der Waals surface area contributed by atoms with Crippen LogP contribution in [0.25, 0.3) is 11.2 Å². The van der Waals surface area contributed by atoms with E-state index in [1.54, 1.807) is 15.9 Å². The van der Waals surface area contributed by atoms with E-state index in [-0.39, 0.29) is 29.7 Å². The number of aromatic nitrogens is 7. The fourth-order valence-electron chi connectivity index (χ4n) is 7.72. The highest BCUT2D eigenvalue weighted by Gasteiger charge is 2.31. The topological polar surface area (TPSA) is 170 Å². The Morgan fingerprint density at radius 2 is 1.74 bits per heavy atom. The molecule has 322 valence electrons. The van der Waals surface area contributed by atoms with Crippen LogP contribution in [-0.2, 0) is 27.3 Å². The standard InChI is InChI=1S/C40H66N12O5S/c1-28(58)31-26-49(20-17-41-31)36-44-34(33-35(45-36)52(27-43-33)32-16-11-12-23-55-32)42-24-29-25-50(47-46-29)22-21-48(37(53)56-39(2,3)4)18-13-19-51(30-14-9-8-10-15-30)38(54)57-40(5,6)7/h25,27-28,30-32,41,58H,8-24,26H2,1-7H3,(H,42,44,45). The van der Waals surface area contributed by atoms with Crippen LogP contribution in [0.15, 0.2) is 12.5 Å². The fourth-order valence-corrected chi connectivity index (χ4v) is 7.92. The first kappa shape index (κ1) is 43.7. The number of thiol groups is 1. The Kier molecular flexibility index (Phi) is 14.6. The molecule has 3 aliphatic rings. The largest absolute Gasteiger partial charge is 0.444 e. The minimum absolute atomic E-state index is 0.122. The predicted octanol–water partition coefficient (Wildman–Crippen LogP) is 6.02. The maximum atomic E-state index is 13.5. The van der Waals surface area contributed by atoms with Gasteiger partial charge >= 0.3 is 12.2 Å². The third-order valence-corrected chi connectivity index (χ3v) is 11.1. The molecule has 18 heteroatoms. The van der Waals surface area contributed by atoms with Gasteiger partial charge in [-0.05, 0) is 80.1 Å². The van der Waals surface area contributed by atoms with Crippen molar-refractivity contribution in [2.24, 2.45) is 0 Å². The summed E-state index contributed by atoms with van der Waals surface area (Å²) >= 11 is 4.70. The van der Waals surface area contributed by atoms with Gasteiger partial charge in [-0.25, -0.2) is 14.6 Å². The molecule has 17 nitrogen and oxygen atoms in total. The SMILES string of the molecule is CC(S)C1CN(c2nc(NCc3cn(CCN(CCCN(C(=O)OC(C)(C)C)C4CCCCC4)C(=O)OC(C)(C)C)nn3)c3ncn(C4CCCCO4)c3n2)CCN1. The molecule has 5 heterocycles. The minimum Gasteiger partial charge on any atom is -0.444 e. The molecule has 0 bridgehead atoms. The third kappa shape index (κ3) is 12.1. The Balaban J connectivity index is 1.12. The molecule has 2 aliphatic heterocycles. The molecule has 2 N–H and O–H groups in total. The summed E-state index contributed by atoms with van der Waals surface area (Å²) in [4.78, 5) is 47.3. The number of nitrogens with one attached hydrogen (secondary N) is 2. The summed E-state index contributed by atoms with van der Waals surface area (Å²) in [5, 5.41) is 16.0. The highest BCUT2D eigenvalue weighted by atomic mass is 32.1. The minimum atomic E-state index is -0.658. The van der Waals surface area contributed by atoms with E-state index in [0.29, 0.717) is 68.7 Å². The zero-order valence-corrected chi connectivity index (χ0v) is 36.5. The van der Waals surface area contributed by atoms with E-state index < -0.39 is 17.3 Å². The van der Waals surface area contributed by atoms with Gasteiger partial charge in [0.2, 0.25) is 5.95 Å². The van der Waals surface area contributed by atoms with Gasteiger partial charge in [0, 0.05) is 63.2 Å². The number of carbonyl (C=O) groups is 2. The summed E-state index contributed by atoms with van der Waals surface area (Å²) in [6.07, 6.45) is 11.8. The lowest BCUT2D eigenvalue weighted by Gasteiger charge is -2.36. The summed E-state index contributed by atoms with van der Waals surface area (Å²) in [6.45, 7) is 18.4. The van der Waals surface area contributed by atoms with Crippen molar-refractivity contribution in [1.29, 1.82) is 0 Å². The predicted molar refractivity (Wildman–Crippen MR) is 226 cm³/mol. The number of piperazine rings is 1. The van der Waals surface area contributed by atoms with E-state index >= 15 is 0 Å². The Labute approximate surface area is 348 Å². The van der Waals surface area contributed by atoms with E-state index in [2.05, 4.69) is 32.8 Å². The Morgan fingerprint density at radius 1 is 1.00 bits per heavy atom. The lowest BCUT2D eigenvalue weighted by Crippen LogP contribution is -2.54. The second-order valence-corrected chi connectivity index (χ2v) is 18.7. The molecule has 3 fully saturated rings. The number of rotatable bonds is 14. The Bertz CT molecular complexity index is 1790. The van der Waals surface area contributed by atoms with E-state index in [1.807, 2.05) is 57.2 Å². The molecule has 2 saturated heterocycles. The number of ether oxygens (including phenoxy) is 3. The molecule has 1 aliphatic carbocycles. The smallest absolute Gasteiger partial charge is 0.410 e.